The van der Waals surface area contributed by atoms with Crippen LogP contribution in [0.5, 0.6) is 0 Å². The summed E-state index contributed by atoms with van der Waals surface area (Å²) in [4.78, 5) is 63.2. The number of ether oxygens (including phenoxy) is 1. The van der Waals surface area contributed by atoms with Crippen LogP contribution in [0.4, 0.5) is 16.2 Å². The molecule has 3 aromatic carbocycles. The van der Waals surface area contributed by atoms with Crippen molar-refractivity contribution in [2.75, 3.05) is 24.6 Å². The zero-order valence-electron chi connectivity index (χ0n) is 25.3. The number of nitrogens with one attached hydrogen (secondary N) is 3. The summed E-state index contributed by atoms with van der Waals surface area (Å²) in [5.74, 6) is -0.797. The van der Waals surface area contributed by atoms with Gasteiger partial charge < -0.3 is 30.7 Å². The van der Waals surface area contributed by atoms with Crippen LogP contribution in [-0.2, 0) is 9.53 Å². The Kier molecular flexibility index (Phi) is 10.2. The average Bonchev–Trinajstić information content (AvgIpc) is 2.97. The Morgan fingerprint density at radius 2 is 1.51 bits per heavy atom. The van der Waals surface area contributed by atoms with E-state index >= 15 is 0 Å². The van der Waals surface area contributed by atoms with E-state index in [0.29, 0.717) is 51.2 Å². The lowest BCUT2D eigenvalue weighted by Gasteiger charge is -2.26. The summed E-state index contributed by atoms with van der Waals surface area (Å²) in [6, 6.07) is 17.0. The molecule has 2 heterocycles. The molecule has 0 aliphatic carbocycles. The highest BCUT2D eigenvalue weighted by atomic mass is 35.5. The normalized spacial score (nSPS) is 11.8. The van der Waals surface area contributed by atoms with Gasteiger partial charge in [-0.05, 0) is 81.3 Å². The predicted molar refractivity (Wildman–Crippen MR) is 175 cm³/mol. The van der Waals surface area contributed by atoms with Crippen molar-refractivity contribution in [2.45, 2.75) is 38.7 Å². The molecule has 45 heavy (non-hydrogen) atoms. The Labute approximate surface area is 263 Å². The van der Waals surface area contributed by atoms with E-state index in [1.807, 2.05) is 0 Å². The standard InChI is InChI=1S/C24H27ClN4O4.C8H7N3O/c1-24(2,3)33-23(32)29(4)12-11-18(15-5-7-16(25)8-6-15)22(31)28-17-9-10-19-20(13-17)26-14-27-21(19)30;9-5-1-2-6-7(3-5)10-4-11-8(6)12/h5-10,13-14,18H,11-12H2,1-4H3,(H,28,31)(H,26,27,30);1-4H,9H2,(H,10,11,12). The number of halogens is 1. The van der Waals surface area contributed by atoms with Crippen LogP contribution in [0.15, 0.2) is 82.9 Å². The number of hydrogen-bond acceptors (Lipinski definition) is 8. The van der Waals surface area contributed by atoms with Crippen molar-refractivity contribution in [3.8, 4) is 0 Å². The predicted octanol–water partition coefficient (Wildman–Crippen LogP) is 5.06. The van der Waals surface area contributed by atoms with Crippen LogP contribution >= 0.6 is 11.6 Å². The van der Waals surface area contributed by atoms with E-state index in [4.69, 9.17) is 22.1 Å². The van der Waals surface area contributed by atoms with Crippen LogP contribution in [0.2, 0.25) is 5.02 Å². The number of rotatable bonds is 6. The second-order valence-electron chi connectivity index (χ2n) is 11.3. The summed E-state index contributed by atoms with van der Waals surface area (Å²) in [5, 5.41) is 4.46. The first-order chi connectivity index (χ1) is 21.3. The summed E-state index contributed by atoms with van der Waals surface area (Å²) in [7, 11) is 1.64. The molecule has 234 valence electrons. The number of aromatic nitrogens is 4. The van der Waals surface area contributed by atoms with Gasteiger partial charge in [-0.1, -0.05) is 23.7 Å². The number of anilines is 2. The van der Waals surface area contributed by atoms with Gasteiger partial charge in [0, 0.05) is 30.0 Å². The second-order valence-corrected chi connectivity index (χ2v) is 11.7. The van der Waals surface area contributed by atoms with Gasteiger partial charge in [-0.25, -0.2) is 14.8 Å². The van der Waals surface area contributed by atoms with Crippen molar-refractivity contribution in [3.05, 3.63) is 105 Å². The Bertz CT molecular complexity index is 1930. The minimum Gasteiger partial charge on any atom is -0.444 e. The molecule has 0 fully saturated rings. The van der Waals surface area contributed by atoms with Gasteiger partial charge in [0.25, 0.3) is 11.1 Å². The van der Waals surface area contributed by atoms with E-state index in [0.717, 1.165) is 5.56 Å². The van der Waals surface area contributed by atoms with Crippen molar-refractivity contribution in [2.24, 2.45) is 0 Å². The first-order valence-electron chi connectivity index (χ1n) is 14.0. The number of nitrogens with zero attached hydrogens (tertiary/aromatic N) is 3. The lowest BCUT2D eigenvalue weighted by Crippen LogP contribution is -2.36. The van der Waals surface area contributed by atoms with Crippen LogP contribution in [0.25, 0.3) is 21.8 Å². The maximum absolute atomic E-state index is 13.2. The van der Waals surface area contributed by atoms with Gasteiger partial charge in [0.2, 0.25) is 5.91 Å². The van der Waals surface area contributed by atoms with Gasteiger partial charge in [0.05, 0.1) is 40.4 Å². The maximum atomic E-state index is 13.2. The molecular weight excluding hydrogens is 598 g/mol. The molecule has 0 saturated carbocycles. The fourth-order valence-electron chi connectivity index (χ4n) is 4.36. The molecule has 1 unspecified atom stereocenters. The van der Waals surface area contributed by atoms with E-state index in [1.54, 1.807) is 88.5 Å². The monoisotopic (exact) mass is 631 g/mol. The number of H-pyrrole nitrogens is 2. The van der Waals surface area contributed by atoms with Crippen LogP contribution in [-0.4, -0.2) is 56.0 Å². The highest BCUT2D eigenvalue weighted by Crippen LogP contribution is 2.25. The second kappa shape index (κ2) is 14.0. The molecule has 0 spiro atoms. The molecule has 0 bridgehead atoms. The van der Waals surface area contributed by atoms with E-state index in [-0.39, 0.29) is 17.0 Å². The number of amides is 2. The van der Waals surface area contributed by atoms with Crippen LogP contribution in [0, 0.1) is 0 Å². The number of nitrogens with two attached hydrogens (primary N) is 1. The molecule has 5 aromatic rings. The molecule has 2 amide bonds. The van der Waals surface area contributed by atoms with Crippen molar-refractivity contribution >= 4 is 56.8 Å². The van der Waals surface area contributed by atoms with E-state index in [9.17, 15) is 19.2 Å². The van der Waals surface area contributed by atoms with Gasteiger partial charge in [0.1, 0.15) is 5.60 Å². The van der Waals surface area contributed by atoms with Crippen LogP contribution in [0.3, 0.4) is 0 Å². The topological polar surface area (TPSA) is 176 Å². The molecule has 0 saturated heterocycles. The quantitative estimate of drug-likeness (QED) is 0.188. The molecular formula is C32H34ClN7O5. The molecule has 1 atom stereocenters. The van der Waals surface area contributed by atoms with Crippen molar-refractivity contribution in [1.82, 2.24) is 24.8 Å². The van der Waals surface area contributed by atoms with Gasteiger partial charge >= 0.3 is 6.09 Å². The molecule has 5 N–H and O–H groups in total. The summed E-state index contributed by atoms with van der Waals surface area (Å²) in [6.45, 7) is 5.71. The Morgan fingerprint density at radius 1 is 0.933 bits per heavy atom. The molecule has 2 aromatic heterocycles. The van der Waals surface area contributed by atoms with E-state index < -0.39 is 17.6 Å². The summed E-state index contributed by atoms with van der Waals surface area (Å²) in [6.07, 6.45) is 2.60. The average molecular weight is 632 g/mol. The van der Waals surface area contributed by atoms with Crippen LogP contribution in [0.1, 0.15) is 38.7 Å². The first kappa shape index (κ1) is 32.7. The highest BCUT2D eigenvalue weighted by molar-refractivity contribution is 6.30. The number of nitrogen functional groups attached to an aromatic ring is 1. The lowest BCUT2D eigenvalue weighted by atomic mass is 9.94. The number of hydrogen-bond donors (Lipinski definition) is 4. The number of carbonyl (C=O) groups is 2. The first-order valence-corrected chi connectivity index (χ1v) is 14.4. The number of fused-ring (bicyclic) bond motifs is 2. The maximum Gasteiger partial charge on any atom is 0.410 e. The highest BCUT2D eigenvalue weighted by Gasteiger charge is 2.25. The molecule has 13 heteroatoms. The number of benzene rings is 3. The van der Waals surface area contributed by atoms with Gasteiger partial charge in [-0.15, -0.1) is 0 Å². The Hall–Kier alpha value is -5.23. The summed E-state index contributed by atoms with van der Waals surface area (Å²) in [5.41, 5.74) is 7.53. The molecule has 12 nitrogen and oxygen atoms in total. The Morgan fingerprint density at radius 3 is 2.11 bits per heavy atom. The lowest BCUT2D eigenvalue weighted by molar-refractivity contribution is -0.117. The SMILES string of the molecule is CN(CCC(C(=O)Nc1ccc2c(=O)[nH]cnc2c1)c1ccc(Cl)cc1)C(=O)OC(C)(C)C.Nc1ccc2c(=O)[nH]cnc2c1. The molecule has 5 rings (SSSR count). The number of carbonyl (C=O) groups excluding carboxylic acids is 2. The Balaban J connectivity index is 0.000000318. The zero-order chi connectivity index (χ0) is 32.7. The van der Waals surface area contributed by atoms with Crippen molar-refractivity contribution in [3.63, 3.8) is 0 Å². The largest absolute Gasteiger partial charge is 0.444 e. The molecule has 0 aliphatic heterocycles. The van der Waals surface area contributed by atoms with Gasteiger partial charge in [-0.2, -0.15) is 0 Å². The van der Waals surface area contributed by atoms with Crippen molar-refractivity contribution in [1.29, 1.82) is 0 Å². The summed E-state index contributed by atoms with van der Waals surface area (Å²) >= 11 is 6.02. The third kappa shape index (κ3) is 8.89. The van der Waals surface area contributed by atoms with E-state index in [2.05, 4.69) is 25.3 Å². The molecule has 0 radical (unpaired) electrons. The minimum atomic E-state index is -0.607. The van der Waals surface area contributed by atoms with Crippen LogP contribution < -0.4 is 22.2 Å². The molecule has 0 aliphatic rings. The minimum absolute atomic E-state index is 0.139. The third-order valence-corrected chi connectivity index (χ3v) is 6.87. The fraction of sp³-hybridized carbons (Fsp3) is 0.250. The van der Waals surface area contributed by atoms with E-state index in [1.165, 1.54) is 17.6 Å². The van der Waals surface area contributed by atoms with Crippen molar-refractivity contribution < 1.29 is 14.3 Å². The fourth-order valence-corrected chi connectivity index (χ4v) is 4.49. The van der Waals surface area contributed by atoms with Gasteiger partial charge in [-0.3, -0.25) is 14.4 Å². The zero-order valence-corrected chi connectivity index (χ0v) is 26.0. The smallest absolute Gasteiger partial charge is 0.410 e. The summed E-state index contributed by atoms with van der Waals surface area (Å²) < 4.78 is 5.39. The van der Waals surface area contributed by atoms with Gasteiger partial charge in [0.15, 0.2) is 0 Å². The third-order valence-electron chi connectivity index (χ3n) is 6.62. The number of aromatic amines is 2.